The number of benzene rings is 2. The fourth-order valence-corrected chi connectivity index (χ4v) is 3.44. The van der Waals surface area contributed by atoms with Gasteiger partial charge in [0.1, 0.15) is 0 Å². The van der Waals surface area contributed by atoms with Crippen molar-refractivity contribution in [1.82, 2.24) is 4.57 Å². The fourth-order valence-electron chi connectivity index (χ4n) is 3.28. The van der Waals surface area contributed by atoms with Crippen molar-refractivity contribution in [3.05, 3.63) is 69.4 Å². The van der Waals surface area contributed by atoms with Gasteiger partial charge in [0, 0.05) is 22.6 Å². The van der Waals surface area contributed by atoms with Crippen molar-refractivity contribution < 1.29 is 23.1 Å². The van der Waals surface area contributed by atoms with Crippen LogP contribution in [0.25, 0.3) is 10.9 Å². The number of carboxylic acid groups (broad SMARTS) is 1. The maximum atomic E-state index is 13.0. The Bertz CT molecular complexity index is 1040. The van der Waals surface area contributed by atoms with Gasteiger partial charge < -0.3 is 9.67 Å². The first-order valence-electron chi connectivity index (χ1n) is 8.23. The summed E-state index contributed by atoms with van der Waals surface area (Å²) in [4.78, 5) is 11.3. The van der Waals surface area contributed by atoms with Crippen LogP contribution in [0.5, 0.6) is 0 Å². The van der Waals surface area contributed by atoms with Crippen LogP contribution in [0.3, 0.4) is 0 Å². The van der Waals surface area contributed by atoms with Crippen molar-refractivity contribution in [2.45, 2.75) is 33.0 Å². The topological polar surface area (TPSA) is 42.2 Å². The number of fused-ring (bicyclic) bond motifs is 1. The summed E-state index contributed by atoms with van der Waals surface area (Å²) in [6.07, 6.45) is -4.59. The van der Waals surface area contributed by atoms with Gasteiger partial charge >= 0.3 is 12.1 Å². The Labute approximate surface area is 159 Å². The number of aromatic nitrogens is 1. The fraction of sp³-hybridized carbons (Fsp3) is 0.250. The Balaban J connectivity index is 2.16. The van der Waals surface area contributed by atoms with E-state index in [-0.39, 0.29) is 13.0 Å². The predicted octanol–water partition coefficient (Wildman–Crippen LogP) is 5.61. The third kappa shape index (κ3) is 3.81. The van der Waals surface area contributed by atoms with Crippen molar-refractivity contribution in [3.63, 3.8) is 0 Å². The summed E-state index contributed by atoms with van der Waals surface area (Å²) in [5, 5.41) is 10.5. The highest BCUT2D eigenvalue weighted by atomic mass is 35.5. The molecule has 0 bridgehead atoms. The Morgan fingerprint density at radius 3 is 2.52 bits per heavy atom. The molecule has 7 heteroatoms. The Kier molecular flexibility index (Phi) is 4.95. The zero-order valence-electron chi connectivity index (χ0n) is 14.7. The maximum absolute atomic E-state index is 13.0. The number of halogens is 4. The molecule has 0 fully saturated rings. The minimum Gasteiger partial charge on any atom is -0.481 e. The normalized spacial score (nSPS) is 11.9. The predicted molar refractivity (Wildman–Crippen MR) is 98.3 cm³/mol. The highest BCUT2D eigenvalue weighted by Gasteiger charge is 2.30. The van der Waals surface area contributed by atoms with Gasteiger partial charge in [-0.15, -0.1) is 0 Å². The Morgan fingerprint density at radius 1 is 1.19 bits per heavy atom. The average Bonchev–Trinajstić information content (AvgIpc) is 2.80. The molecule has 142 valence electrons. The second kappa shape index (κ2) is 6.93. The highest BCUT2D eigenvalue weighted by molar-refractivity contribution is 6.32. The SMILES string of the molecule is Cc1cc2c(CC(=O)O)c(C)n(Cc3cccc(C(F)(F)F)c3)c2cc1Cl. The molecule has 3 aromatic rings. The van der Waals surface area contributed by atoms with E-state index in [1.54, 1.807) is 19.1 Å². The average molecular weight is 396 g/mol. The summed E-state index contributed by atoms with van der Waals surface area (Å²) in [6.45, 7) is 3.78. The van der Waals surface area contributed by atoms with Gasteiger partial charge in [0.2, 0.25) is 0 Å². The van der Waals surface area contributed by atoms with Gasteiger partial charge in [0.25, 0.3) is 0 Å². The number of alkyl halides is 3. The van der Waals surface area contributed by atoms with E-state index in [4.69, 9.17) is 11.6 Å². The van der Waals surface area contributed by atoms with Crippen LogP contribution in [0.1, 0.15) is 27.9 Å². The van der Waals surface area contributed by atoms with Crippen LogP contribution >= 0.6 is 11.6 Å². The summed E-state index contributed by atoms with van der Waals surface area (Å²) in [5.41, 5.74) is 2.62. The molecule has 0 saturated carbocycles. The van der Waals surface area contributed by atoms with Crippen LogP contribution in [0.15, 0.2) is 36.4 Å². The number of nitrogens with zero attached hydrogens (tertiary/aromatic N) is 1. The number of hydrogen-bond acceptors (Lipinski definition) is 1. The Morgan fingerprint density at radius 2 is 1.89 bits per heavy atom. The zero-order chi connectivity index (χ0) is 19.9. The minimum absolute atomic E-state index is 0.168. The van der Waals surface area contributed by atoms with Crippen molar-refractivity contribution in [2.75, 3.05) is 0 Å². The summed E-state index contributed by atoms with van der Waals surface area (Å²) in [5.74, 6) is -0.969. The Hall–Kier alpha value is -2.47. The van der Waals surface area contributed by atoms with Crippen LogP contribution in [0, 0.1) is 13.8 Å². The lowest BCUT2D eigenvalue weighted by Crippen LogP contribution is -2.08. The van der Waals surface area contributed by atoms with Gasteiger partial charge in [0.15, 0.2) is 0 Å². The van der Waals surface area contributed by atoms with Crippen molar-refractivity contribution >= 4 is 28.5 Å². The monoisotopic (exact) mass is 395 g/mol. The number of carboxylic acids is 1. The van der Waals surface area contributed by atoms with Crippen LogP contribution in [0.2, 0.25) is 5.02 Å². The van der Waals surface area contributed by atoms with E-state index in [2.05, 4.69) is 0 Å². The van der Waals surface area contributed by atoms with Crippen LogP contribution in [-0.4, -0.2) is 15.6 Å². The smallest absolute Gasteiger partial charge is 0.416 e. The number of carbonyl (C=O) groups is 1. The third-order valence-corrected chi connectivity index (χ3v) is 5.06. The molecule has 0 saturated heterocycles. The van der Waals surface area contributed by atoms with E-state index in [9.17, 15) is 23.1 Å². The first-order chi connectivity index (χ1) is 12.6. The zero-order valence-corrected chi connectivity index (χ0v) is 15.4. The first-order valence-corrected chi connectivity index (χ1v) is 8.61. The molecule has 0 aliphatic rings. The van der Waals surface area contributed by atoms with Crippen molar-refractivity contribution in [2.24, 2.45) is 0 Å². The molecule has 3 nitrogen and oxygen atoms in total. The van der Waals surface area contributed by atoms with E-state index in [0.29, 0.717) is 27.4 Å². The highest BCUT2D eigenvalue weighted by Crippen LogP contribution is 2.33. The van der Waals surface area contributed by atoms with Crippen LogP contribution < -0.4 is 0 Å². The van der Waals surface area contributed by atoms with Gasteiger partial charge in [-0.1, -0.05) is 23.7 Å². The molecule has 3 rings (SSSR count). The van der Waals surface area contributed by atoms with E-state index < -0.39 is 17.7 Å². The lowest BCUT2D eigenvalue weighted by molar-refractivity contribution is -0.138. The summed E-state index contributed by atoms with van der Waals surface area (Å²) in [6, 6.07) is 8.68. The van der Waals surface area contributed by atoms with Crippen LogP contribution in [0.4, 0.5) is 13.2 Å². The first kappa shape index (κ1) is 19.3. The summed E-state index contributed by atoms with van der Waals surface area (Å²) >= 11 is 6.24. The van der Waals surface area contributed by atoms with E-state index in [1.807, 2.05) is 17.6 Å². The van der Waals surface area contributed by atoms with Gasteiger partial charge in [0.05, 0.1) is 17.5 Å². The lowest BCUT2D eigenvalue weighted by atomic mass is 10.1. The summed E-state index contributed by atoms with van der Waals surface area (Å²) in [7, 11) is 0. The lowest BCUT2D eigenvalue weighted by Gasteiger charge is -2.12. The second-order valence-electron chi connectivity index (χ2n) is 6.54. The van der Waals surface area contributed by atoms with Gasteiger partial charge in [-0.2, -0.15) is 13.2 Å². The van der Waals surface area contributed by atoms with E-state index in [1.165, 1.54) is 6.07 Å². The number of hydrogen-bond donors (Lipinski definition) is 1. The largest absolute Gasteiger partial charge is 0.481 e. The molecule has 0 atom stereocenters. The van der Waals surface area contributed by atoms with E-state index >= 15 is 0 Å². The third-order valence-electron chi connectivity index (χ3n) is 4.66. The molecular formula is C20H17ClF3NO2. The quantitative estimate of drug-likeness (QED) is 0.624. The standard InChI is InChI=1S/C20H17ClF3NO2/c1-11-6-16-15(8-19(26)27)12(2)25(18(16)9-17(11)21)10-13-4-3-5-14(7-13)20(22,23)24/h3-7,9H,8,10H2,1-2H3,(H,26,27). The summed E-state index contributed by atoms with van der Waals surface area (Å²) < 4.78 is 40.8. The number of rotatable bonds is 4. The van der Waals surface area contributed by atoms with Crippen molar-refractivity contribution in [3.8, 4) is 0 Å². The van der Waals surface area contributed by atoms with Gasteiger partial charge in [-0.3, -0.25) is 4.79 Å². The van der Waals surface area contributed by atoms with Gasteiger partial charge in [-0.05, 0) is 54.8 Å². The molecule has 1 heterocycles. The molecular weight excluding hydrogens is 379 g/mol. The molecule has 0 radical (unpaired) electrons. The van der Waals surface area contributed by atoms with Gasteiger partial charge in [-0.25, -0.2) is 0 Å². The van der Waals surface area contributed by atoms with E-state index in [0.717, 1.165) is 23.1 Å². The maximum Gasteiger partial charge on any atom is 0.416 e. The molecule has 1 N–H and O–H groups in total. The van der Waals surface area contributed by atoms with Crippen LogP contribution in [-0.2, 0) is 23.9 Å². The minimum atomic E-state index is -4.42. The molecule has 0 unspecified atom stereocenters. The molecule has 0 aliphatic carbocycles. The molecule has 27 heavy (non-hydrogen) atoms. The molecule has 0 amide bonds. The van der Waals surface area contributed by atoms with Crippen molar-refractivity contribution in [1.29, 1.82) is 0 Å². The second-order valence-corrected chi connectivity index (χ2v) is 6.94. The number of aryl methyl sites for hydroxylation is 1. The number of aliphatic carboxylic acids is 1. The molecule has 0 aliphatic heterocycles. The molecule has 2 aromatic carbocycles. The molecule has 1 aromatic heterocycles. The molecule has 0 spiro atoms.